The van der Waals surface area contributed by atoms with Crippen molar-refractivity contribution in [1.82, 2.24) is 15.5 Å². The molecule has 0 bridgehead atoms. The van der Waals surface area contributed by atoms with Crippen molar-refractivity contribution in [3.05, 3.63) is 24.0 Å². The van der Waals surface area contributed by atoms with Gasteiger partial charge in [-0.15, -0.1) is 12.3 Å². The minimum atomic E-state index is 0.351. The third-order valence-electron chi connectivity index (χ3n) is 2.46. The third kappa shape index (κ3) is 4.41. The fourth-order valence-corrected chi connectivity index (χ4v) is 1.62. The van der Waals surface area contributed by atoms with Gasteiger partial charge < -0.3 is 5.32 Å². The van der Waals surface area contributed by atoms with E-state index in [1.54, 1.807) is 6.20 Å². The number of rotatable bonds is 7. The largest absolute Gasteiger partial charge is 0.310 e. The molecule has 86 valence electrons. The molecule has 1 aromatic rings. The third-order valence-corrected chi connectivity index (χ3v) is 2.46. The van der Waals surface area contributed by atoms with E-state index in [0.29, 0.717) is 6.04 Å². The maximum atomic E-state index is 5.26. The maximum Gasteiger partial charge on any atom is 0.0544 e. The van der Waals surface area contributed by atoms with Gasteiger partial charge >= 0.3 is 0 Å². The van der Waals surface area contributed by atoms with Gasteiger partial charge in [0.2, 0.25) is 0 Å². The molecule has 3 heteroatoms. The van der Waals surface area contributed by atoms with Crippen LogP contribution in [0, 0.1) is 12.3 Å². The Hall–Kier alpha value is -1.40. The molecule has 0 aliphatic heterocycles. The van der Waals surface area contributed by atoms with Gasteiger partial charge in [0.15, 0.2) is 0 Å². The van der Waals surface area contributed by atoms with Gasteiger partial charge in [0, 0.05) is 18.7 Å². The zero-order chi connectivity index (χ0) is 11.6. The van der Waals surface area contributed by atoms with Crippen LogP contribution in [0.2, 0.25) is 0 Å². The lowest BCUT2D eigenvalue weighted by Crippen LogP contribution is -2.22. The molecule has 0 radical (unpaired) electrons. The first-order valence-electron chi connectivity index (χ1n) is 5.82. The highest BCUT2D eigenvalue weighted by molar-refractivity contribution is 5.11. The van der Waals surface area contributed by atoms with Crippen LogP contribution in [-0.4, -0.2) is 16.7 Å². The van der Waals surface area contributed by atoms with Crippen LogP contribution in [0.1, 0.15) is 44.2 Å². The first-order chi connectivity index (χ1) is 7.88. The van der Waals surface area contributed by atoms with Gasteiger partial charge in [0.25, 0.3) is 0 Å². The number of hydrogen-bond donors (Lipinski definition) is 1. The minimum Gasteiger partial charge on any atom is -0.310 e. The molecule has 1 unspecified atom stereocenters. The zero-order valence-corrected chi connectivity index (χ0v) is 9.82. The standard InChI is InChI=1S/C13H19N3/c1-3-5-6-7-13(14-9-4-2)12-8-10-15-16-11-12/h1,8,10-11,13-14H,4-7,9H2,2H3. The highest BCUT2D eigenvalue weighted by atomic mass is 15.1. The van der Waals surface area contributed by atoms with E-state index in [1.165, 1.54) is 5.56 Å². The molecule has 1 heterocycles. The van der Waals surface area contributed by atoms with Crippen LogP contribution < -0.4 is 5.32 Å². The van der Waals surface area contributed by atoms with Crippen LogP contribution in [-0.2, 0) is 0 Å². The molecule has 0 saturated heterocycles. The molecule has 3 nitrogen and oxygen atoms in total. The van der Waals surface area contributed by atoms with Gasteiger partial charge in [-0.05, 0) is 37.4 Å². The second kappa shape index (κ2) is 7.84. The molecule has 0 aliphatic carbocycles. The fraction of sp³-hybridized carbons (Fsp3) is 0.538. The Balaban J connectivity index is 2.53. The highest BCUT2D eigenvalue weighted by Gasteiger charge is 2.09. The Labute approximate surface area is 97.7 Å². The molecule has 16 heavy (non-hydrogen) atoms. The van der Waals surface area contributed by atoms with Crippen molar-refractivity contribution < 1.29 is 0 Å². The first-order valence-corrected chi connectivity index (χ1v) is 5.82. The quantitative estimate of drug-likeness (QED) is 0.562. The summed E-state index contributed by atoms with van der Waals surface area (Å²) in [5, 5.41) is 11.2. The molecule has 1 aromatic heterocycles. The Morgan fingerprint density at radius 3 is 3.00 bits per heavy atom. The van der Waals surface area contributed by atoms with Crippen molar-refractivity contribution in [3.63, 3.8) is 0 Å². The summed E-state index contributed by atoms with van der Waals surface area (Å²) in [6.45, 7) is 3.18. The summed E-state index contributed by atoms with van der Waals surface area (Å²) in [5.41, 5.74) is 1.19. The second-order valence-electron chi connectivity index (χ2n) is 3.78. The van der Waals surface area contributed by atoms with Crippen molar-refractivity contribution in [2.45, 2.75) is 38.6 Å². The van der Waals surface area contributed by atoms with Gasteiger partial charge in [0.1, 0.15) is 0 Å². The van der Waals surface area contributed by atoms with E-state index in [1.807, 2.05) is 12.3 Å². The number of aromatic nitrogens is 2. The van der Waals surface area contributed by atoms with E-state index >= 15 is 0 Å². The van der Waals surface area contributed by atoms with E-state index < -0.39 is 0 Å². The highest BCUT2D eigenvalue weighted by Crippen LogP contribution is 2.17. The van der Waals surface area contributed by atoms with Gasteiger partial charge in [-0.3, -0.25) is 0 Å². The van der Waals surface area contributed by atoms with E-state index in [0.717, 1.165) is 32.2 Å². The molecule has 0 aliphatic rings. The van der Waals surface area contributed by atoms with E-state index in [9.17, 15) is 0 Å². The van der Waals surface area contributed by atoms with Crippen LogP contribution in [0.25, 0.3) is 0 Å². The summed E-state index contributed by atoms with van der Waals surface area (Å²) in [6.07, 6.45) is 12.9. The molecule has 1 atom stereocenters. The van der Waals surface area contributed by atoms with Gasteiger partial charge in [-0.25, -0.2) is 0 Å². The van der Waals surface area contributed by atoms with Crippen LogP contribution >= 0.6 is 0 Å². The minimum absolute atomic E-state index is 0.351. The lowest BCUT2D eigenvalue weighted by molar-refractivity contribution is 0.485. The van der Waals surface area contributed by atoms with E-state index in [-0.39, 0.29) is 0 Å². The molecule has 1 N–H and O–H groups in total. The molecular weight excluding hydrogens is 198 g/mol. The molecular formula is C13H19N3. The molecule has 0 spiro atoms. The van der Waals surface area contributed by atoms with Gasteiger partial charge in [0.05, 0.1) is 6.20 Å². The van der Waals surface area contributed by atoms with Crippen molar-refractivity contribution in [1.29, 1.82) is 0 Å². The molecule has 0 amide bonds. The van der Waals surface area contributed by atoms with Gasteiger partial charge in [-0.1, -0.05) is 6.92 Å². The van der Waals surface area contributed by atoms with Gasteiger partial charge in [-0.2, -0.15) is 10.2 Å². The predicted molar refractivity (Wildman–Crippen MR) is 65.8 cm³/mol. The van der Waals surface area contributed by atoms with Crippen molar-refractivity contribution in [3.8, 4) is 12.3 Å². The lowest BCUT2D eigenvalue weighted by Gasteiger charge is -2.17. The van der Waals surface area contributed by atoms with Crippen molar-refractivity contribution >= 4 is 0 Å². The van der Waals surface area contributed by atoms with Crippen LogP contribution in [0.4, 0.5) is 0 Å². The van der Waals surface area contributed by atoms with E-state index in [2.05, 4.69) is 28.4 Å². The first kappa shape index (κ1) is 12.7. The molecule has 1 rings (SSSR count). The Morgan fingerprint density at radius 2 is 2.38 bits per heavy atom. The Bertz CT molecular complexity index is 316. The zero-order valence-electron chi connectivity index (χ0n) is 9.82. The molecule has 0 fully saturated rings. The smallest absolute Gasteiger partial charge is 0.0544 e. The number of hydrogen-bond acceptors (Lipinski definition) is 3. The summed E-state index contributed by atoms with van der Waals surface area (Å²) >= 11 is 0. The Kier molecular flexibility index (Phi) is 6.20. The molecule has 0 saturated carbocycles. The monoisotopic (exact) mass is 217 g/mol. The summed E-state index contributed by atoms with van der Waals surface area (Å²) in [6, 6.07) is 2.36. The number of unbranched alkanes of at least 4 members (excludes halogenated alkanes) is 1. The van der Waals surface area contributed by atoms with E-state index in [4.69, 9.17) is 6.42 Å². The molecule has 0 aromatic carbocycles. The average Bonchev–Trinajstić information content (AvgIpc) is 2.35. The summed E-state index contributed by atoms with van der Waals surface area (Å²) in [7, 11) is 0. The van der Waals surface area contributed by atoms with Crippen LogP contribution in [0.3, 0.4) is 0 Å². The number of nitrogens with zero attached hydrogens (tertiary/aromatic N) is 2. The lowest BCUT2D eigenvalue weighted by atomic mass is 10.0. The Morgan fingerprint density at radius 1 is 1.50 bits per heavy atom. The number of terminal acetylenes is 1. The van der Waals surface area contributed by atoms with Crippen LogP contribution in [0.15, 0.2) is 18.5 Å². The summed E-state index contributed by atoms with van der Waals surface area (Å²) in [5.74, 6) is 2.67. The average molecular weight is 217 g/mol. The summed E-state index contributed by atoms with van der Waals surface area (Å²) < 4.78 is 0. The number of nitrogens with one attached hydrogen (secondary N) is 1. The second-order valence-corrected chi connectivity index (χ2v) is 3.78. The van der Waals surface area contributed by atoms with Crippen molar-refractivity contribution in [2.75, 3.05) is 6.54 Å². The summed E-state index contributed by atoms with van der Waals surface area (Å²) in [4.78, 5) is 0. The fourth-order valence-electron chi connectivity index (χ4n) is 1.62. The SMILES string of the molecule is C#CCCCC(NCCC)c1ccnnc1. The van der Waals surface area contributed by atoms with Crippen molar-refractivity contribution in [2.24, 2.45) is 0 Å². The van der Waals surface area contributed by atoms with Crippen LogP contribution in [0.5, 0.6) is 0 Å². The topological polar surface area (TPSA) is 37.8 Å². The predicted octanol–water partition coefficient (Wildman–Crippen LogP) is 2.32. The maximum absolute atomic E-state index is 5.26. The normalized spacial score (nSPS) is 12.0.